The van der Waals surface area contributed by atoms with E-state index in [-0.39, 0.29) is 18.1 Å². The number of methoxy groups -OCH3 is 1. The van der Waals surface area contributed by atoms with Crippen molar-refractivity contribution in [2.24, 2.45) is 0 Å². The number of aryl methyl sites for hydroxylation is 1. The molecule has 0 fully saturated rings. The third-order valence-corrected chi connectivity index (χ3v) is 5.61. The summed E-state index contributed by atoms with van der Waals surface area (Å²) >= 11 is 0. The predicted octanol–water partition coefficient (Wildman–Crippen LogP) is 2.56. The monoisotopic (exact) mass is 351 g/mol. The highest BCUT2D eigenvalue weighted by Crippen LogP contribution is 2.25. The quantitative estimate of drug-likeness (QED) is 0.763. The summed E-state index contributed by atoms with van der Waals surface area (Å²) in [4.78, 5) is 0. The van der Waals surface area contributed by atoms with Crippen LogP contribution in [0.2, 0.25) is 0 Å². The zero-order chi connectivity index (χ0) is 17.0. The average molecular weight is 351 g/mol. The van der Waals surface area contributed by atoms with E-state index in [1.807, 2.05) is 0 Å². The molecular formula is C17H21NO5S. The first-order chi connectivity index (χ1) is 11.6. The Morgan fingerprint density at radius 1 is 1.12 bits per heavy atom. The van der Waals surface area contributed by atoms with Crippen LogP contribution >= 0.6 is 0 Å². The lowest BCUT2D eigenvalue weighted by Crippen LogP contribution is -2.17. The normalized spacial score (nSPS) is 14.2. The molecule has 0 spiro atoms. The number of ether oxygens (including phenoxy) is 2. The first-order valence-electron chi connectivity index (χ1n) is 8.01. The summed E-state index contributed by atoms with van der Waals surface area (Å²) < 4.78 is 40.4. The Bertz CT molecular complexity index is 780. The Morgan fingerprint density at radius 2 is 1.83 bits per heavy atom. The van der Waals surface area contributed by atoms with E-state index in [9.17, 15) is 8.42 Å². The minimum Gasteiger partial charge on any atom is -0.497 e. The Hall–Kier alpha value is -2.02. The maximum absolute atomic E-state index is 12.3. The van der Waals surface area contributed by atoms with Crippen molar-refractivity contribution in [1.29, 1.82) is 0 Å². The van der Waals surface area contributed by atoms with Crippen molar-refractivity contribution in [3.8, 4) is 11.5 Å². The van der Waals surface area contributed by atoms with E-state index < -0.39 is 9.84 Å². The zero-order valence-electron chi connectivity index (χ0n) is 13.7. The van der Waals surface area contributed by atoms with Crippen molar-refractivity contribution in [2.75, 3.05) is 19.5 Å². The Morgan fingerprint density at radius 3 is 2.58 bits per heavy atom. The van der Waals surface area contributed by atoms with Gasteiger partial charge in [-0.3, -0.25) is 0 Å². The topological polar surface area (TPSA) is 78.6 Å². The molecule has 0 N–H and O–H groups in total. The molecule has 0 unspecified atom stereocenters. The molecule has 1 aliphatic rings. The molecule has 1 heterocycles. The predicted molar refractivity (Wildman–Crippen MR) is 89.1 cm³/mol. The summed E-state index contributed by atoms with van der Waals surface area (Å²) in [6.07, 6.45) is 3.83. The molecule has 6 nitrogen and oxygen atoms in total. The maximum atomic E-state index is 12.3. The van der Waals surface area contributed by atoms with Crippen LogP contribution in [0.1, 0.15) is 29.9 Å². The van der Waals surface area contributed by atoms with Crippen molar-refractivity contribution in [1.82, 2.24) is 5.16 Å². The molecule has 0 aliphatic heterocycles. The van der Waals surface area contributed by atoms with Crippen LogP contribution in [0.25, 0.3) is 0 Å². The van der Waals surface area contributed by atoms with E-state index in [4.69, 9.17) is 14.0 Å². The summed E-state index contributed by atoms with van der Waals surface area (Å²) in [5, 5.41) is 3.96. The molecule has 0 saturated carbocycles. The largest absolute Gasteiger partial charge is 0.497 e. The molecule has 1 aromatic heterocycles. The molecule has 0 radical (unpaired) electrons. The van der Waals surface area contributed by atoms with Gasteiger partial charge in [0.1, 0.15) is 29.6 Å². The van der Waals surface area contributed by atoms with Crippen LogP contribution in [0.3, 0.4) is 0 Å². The van der Waals surface area contributed by atoms with Gasteiger partial charge in [-0.1, -0.05) is 5.16 Å². The second-order valence-corrected chi connectivity index (χ2v) is 8.04. The molecule has 130 valence electrons. The molecule has 0 saturated heterocycles. The summed E-state index contributed by atoms with van der Waals surface area (Å²) in [5.74, 6) is 2.05. The fourth-order valence-corrected chi connectivity index (χ4v) is 3.93. The third kappa shape index (κ3) is 4.08. The second-order valence-electron chi connectivity index (χ2n) is 5.85. The van der Waals surface area contributed by atoms with Gasteiger partial charge in [0.25, 0.3) is 0 Å². The fourth-order valence-electron chi connectivity index (χ4n) is 2.80. The fraction of sp³-hybridized carbons (Fsp3) is 0.471. The highest BCUT2D eigenvalue weighted by atomic mass is 32.2. The average Bonchev–Trinajstić information content (AvgIpc) is 2.98. The number of fused-ring (bicyclic) bond motifs is 1. The molecule has 3 rings (SSSR count). The SMILES string of the molecule is COc1ccc(OCCS(=O)(=O)Cc2noc3c2CCCC3)cc1. The van der Waals surface area contributed by atoms with Crippen molar-refractivity contribution in [3.05, 3.63) is 41.3 Å². The molecule has 24 heavy (non-hydrogen) atoms. The molecule has 0 atom stereocenters. The standard InChI is InChI=1S/C17H21NO5S/c1-21-13-6-8-14(9-7-13)22-10-11-24(19,20)12-16-15-4-2-3-5-17(15)23-18-16/h6-9H,2-5,10-12H2,1H3. The summed E-state index contributed by atoms with van der Waals surface area (Å²) in [7, 11) is -1.70. The molecule has 1 aliphatic carbocycles. The smallest absolute Gasteiger partial charge is 0.159 e. The van der Waals surface area contributed by atoms with E-state index in [2.05, 4.69) is 5.16 Å². The van der Waals surface area contributed by atoms with Crippen molar-refractivity contribution in [2.45, 2.75) is 31.4 Å². The number of nitrogens with zero attached hydrogens (tertiary/aromatic N) is 1. The van der Waals surface area contributed by atoms with Crippen LogP contribution < -0.4 is 9.47 Å². The van der Waals surface area contributed by atoms with Crippen molar-refractivity contribution < 1.29 is 22.4 Å². The van der Waals surface area contributed by atoms with E-state index in [1.54, 1.807) is 31.4 Å². The molecule has 2 aromatic rings. The summed E-state index contributed by atoms with van der Waals surface area (Å²) in [5.41, 5.74) is 1.55. The van der Waals surface area contributed by atoms with Gasteiger partial charge in [0.15, 0.2) is 9.84 Å². The first-order valence-corrected chi connectivity index (χ1v) is 9.83. The zero-order valence-corrected chi connectivity index (χ0v) is 14.5. The Balaban J connectivity index is 1.55. The van der Waals surface area contributed by atoms with Gasteiger partial charge in [-0.2, -0.15) is 0 Å². The molecule has 7 heteroatoms. The Labute approximate surface area is 141 Å². The van der Waals surface area contributed by atoms with Crippen LogP contribution in [0.15, 0.2) is 28.8 Å². The summed E-state index contributed by atoms with van der Waals surface area (Å²) in [6, 6.07) is 7.04. The van der Waals surface area contributed by atoms with E-state index in [0.717, 1.165) is 42.8 Å². The van der Waals surface area contributed by atoms with Gasteiger partial charge in [-0.25, -0.2) is 8.42 Å². The van der Waals surface area contributed by atoms with Crippen LogP contribution in [0.5, 0.6) is 11.5 Å². The highest BCUT2D eigenvalue weighted by Gasteiger charge is 2.23. The van der Waals surface area contributed by atoms with Crippen molar-refractivity contribution >= 4 is 9.84 Å². The lowest BCUT2D eigenvalue weighted by atomic mass is 9.97. The molecular weight excluding hydrogens is 330 g/mol. The van der Waals surface area contributed by atoms with Crippen molar-refractivity contribution in [3.63, 3.8) is 0 Å². The van der Waals surface area contributed by atoms with Gasteiger partial charge in [-0.05, 0) is 43.5 Å². The van der Waals surface area contributed by atoms with Gasteiger partial charge in [0.2, 0.25) is 0 Å². The summed E-state index contributed by atoms with van der Waals surface area (Å²) in [6.45, 7) is 0.106. The lowest BCUT2D eigenvalue weighted by Gasteiger charge is -2.10. The minimum atomic E-state index is -3.29. The number of aromatic nitrogens is 1. The number of hydrogen-bond acceptors (Lipinski definition) is 6. The van der Waals surface area contributed by atoms with Gasteiger partial charge >= 0.3 is 0 Å². The minimum absolute atomic E-state index is 0.0549. The van der Waals surface area contributed by atoms with E-state index in [1.165, 1.54) is 0 Å². The third-order valence-electron chi connectivity index (χ3n) is 4.11. The van der Waals surface area contributed by atoms with Gasteiger partial charge in [0.05, 0.1) is 18.6 Å². The molecule has 0 amide bonds. The highest BCUT2D eigenvalue weighted by molar-refractivity contribution is 7.90. The number of benzene rings is 1. The Kier molecular flexibility index (Phi) is 5.08. The molecule has 0 bridgehead atoms. The molecule has 1 aromatic carbocycles. The first kappa shape index (κ1) is 16.8. The van der Waals surface area contributed by atoms with Crippen LogP contribution in [-0.2, 0) is 28.4 Å². The van der Waals surface area contributed by atoms with Gasteiger partial charge in [-0.15, -0.1) is 0 Å². The lowest BCUT2D eigenvalue weighted by molar-refractivity contribution is 0.339. The number of hydrogen-bond donors (Lipinski definition) is 0. The van der Waals surface area contributed by atoms with Gasteiger partial charge in [0, 0.05) is 12.0 Å². The van der Waals surface area contributed by atoms with Crippen LogP contribution in [0, 0.1) is 0 Å². The van der Waals surface area contributed by atoms with Crippen LogP contribution in [-0.4, -0.2) is 33.0 Å². The van der Waals surface area contributed by atoms with E-state index >= 15 is 0 Å². The number of sulfone groups is 1. The van der Waals surface area contributed by atoms with Crippen LogP contribution in [0.4, 0.5) is 0 Å². The number of rotatable bonds is 7. The maximum Gasteiger partial charge on any atom is 0.159 e. The van der Waals surface area contributed by atoms with E-state index in [0.29, 0.717) is 11.4 Å². The van der Waals surface area contributed by atoms with Gasteiger partial charge < -0.3 is 14.0 Å². The second kappa shape index (κ2) is 7.25.